The molecule has 0 spiro atoms. The Morgan fingerprint density at radius 1 is 1.32 bits per heavy atom. The van der Waals surface area contributed by atoms with Gasteiger partial charge in [0.15, 0.2) is 0 Å². The van der Waals surface area contributed by atoms with Gasteiger partial charge >= 0.3 is 0 Å². The highest BCUT2D eigenvalue weighted by atomic mass is 32.1. The van der Waals surface area contributed by atoms with Crippen molar-refractivity contribution >= 4 is 17.2 Å². The van der Waals surface area contributed by atoms with Crippen LogP contribution in [0.25, 0.3) is 0 Å². The fraction of sp³-hybridized carbons (Fsp3) is 0.643. The Morgan fingerprint density at radius 2 is 2.11 bits per heavy atom. The lowest BCUT2D eigenvalue weighted by Gasteiger charge is -2.32. The second-order valence-electron chi connectivity index (χ2n) is 5.31. The summed E-state index contributed by atoms with van der Waals surface area (Å²) in [5.74, 6) is 0.203. The standard InChI is InChI=1S/C14H20N2O2S/c1-11-9-19-10-13(11)14(17)16-3-2-12(8-16)15-4-6-18-7-5-15/h9-10,12H,2-8H2,1H3. The Bertz CT molecular complexity index is 454. The summed E-state index contributed by atoms with van der Waals surface area (Å²) < 4.78 is 5.39. The van der Waals surface area contributed by atoms with Crippen molar-refractivity contribution < 1.29 is 9.53 Å². The van der Waals surface area contributed by atoms with Gasteiger partial charge in [0.2, 0.25) is 0 Å². The van der Waals surface area contributed by atoms with Crippen LogP contribution >= 0.6 is 11.3 Å². The normalized spacial score (nSPS) is 24.9. The molecule has 1 amide bonds. The van der Waals surface area contributed by atoms with Gasteiger partial charge in [-0.3, -0.25) is 9.69 Å². The van der Waals surface area contributed by atoms with Gasteiger partial charge in [-0.1, -0.05) is 0 Å². The molecule has 0 radical (unpaired) electrons. The van der Waals surface area contributed by atoms with Gasteiger partial charge in [-0.25, -0.2) is 0 Å². The highest BCUT2D eigenvalue weighted by Gasteiger charge is 2.31. The van der Waals surface area contributed by atoms with Gasteiger partial charge in [0.05, 0.1) is 18.8 Å². The number of hydrogen-bond acceptors (Lipinski definition) is 4. The summed E-state index contributed by atoms with van der Waals surface area (Å²) in [6.07, 6.45) is 1.09. The third kappa shape index (κ3) is 2.68. The summed E-state index contributed by atoms with van der Waals surface area (Å²) in [6, 6.07) is 0.520. The number of morpholine rings is 1. The average Bonchev–Trinajstić information content (AvgIpc) is 3.08. The van der Waals surface area contributed by atoms with Gasteiger partial charge in [-0.2, -0.15) is 11.3 Å². The number of aryl methyl sites for hydroxylation is 1. The summed E-state index contributed by atoms with van der Waals surface area (Å²) in [6.45, 7) is 7.43. The smallest absolute Gasteiger partial charge is 0.255 e. The molecule has 0 N–H and O–H groups in total. The molecule has 1 aromatic rings. The lowest BCUT2D eigenvalue weighted by molar-refractivity contribution is 0.0185. The van der Waals surface area contributed by atoms with E-state index in [1.807, 2.05) is 22.6 Å². The Morgan fingerprint density at radius 3 is 2.79 bits per heavy atom. The van der Waals surface area contributed by atoms with Crippen molar-refractivity contribution in [3.63, 3.8) is 0 Å². The van der Waals surface area contributed by atoms with Gasteiger partial charge in [0.1, 0.15) is 0 Å². The van der Waals surface area contributed by atoms with Crippen molar-refractivity contribution in [1.29, 1.82) is 0 Å². The van der Waals surface area contributed by atoms with Crippen LogP contribution in [0, 0.1) is 6.92 Å². The van der Waals surface area contributed by atoms with E-state index in [-0.39, 0.29) is 5.91 Å². The van der Waals surface area contributed by atoms with E-state index in [0.717, 1.165) is 56.9 Å². The lowest BCUT2D eigenvalue weighted by Crippen LogP contribution is -2.45. The summed E-state index contributed by atoms with van der Waals surface area (Å²) in [5.41, 5.74) is 1.98. The van der Waals surface area contributed by atoms with Crippen LogP contribution in [-0.2, 0) is 4.74 Å². The number of rotatable bonds is 2. The van der Waals surface area contributed by atoms with Crippen LogP contribution in [0.3, 0.4) is 0 Å². The maximum Gasteiger partial charge on any atom is 0.255 e. The van der Waals surface area contributed by atoms with Gasteiger partial charge in [0, 0.05) is 37.6 Å². The predicted molar refractivity (Wildman–Crippen MR) is 75.8 cm³/mol. The number of ether oxygens (including phenoxy) is 1. The second-order valence-corrected chi connectivity index (χ2v) is 6.05. The summed E-state index contributed by atoms with van der Waals surface area (Å²) >= 11 is 1.61. The van der Waals surface area contributed by atoms with Crippen LogP contribution < -0.4 is 0 Å². The van der Waals surface area contributed by atoms with Crippen LogP contribution in [0.2, 0.25) is 0 Å². The lowest BCUT2D eigenvalue weighted by atomic mass is 10.2. The first-order valence-electron chi connectivity index (χ1n) is 6.89. The first-order chi connectivity index (χ1) is 9.25. The average molecular weight is 280 g/mol. The number of carbonyl (C=O) groups is 1. The molecule has 2 aliphatic rings. The zero-order chi connectivity index (χ0) is 13.2. The third-order valence-electron chi connectivity index (χ3n) is 4.10. The SMILES string of the molecule is Cc1cscc1C(=O)N1CCC(N2CCOCC2)C1. The molecule has 3 heterocycles. The van der Waals surface area contributed by atoms with E-state index >= 15 is 0 Å². The minimum Gasteiger partial charge on any atom is -0.379 e. The van der Waals surface area contributed by atoms with Gasteiger partial charge in [-0.05, 0) is 24.3 Å². The van der Waals surface area contributed by atoms with Crippen molar-refractivity contribution in [3.05, 3.63) is 21.9 Å². The van der Waals surface area contributed by atoms with Crippen molar-refractivity contribution in [2.24, 2.45) is 0 Å². The molecule has 0 bridgehead atoms. The predicted octanol–water partition coefficient (Wildman–Crippen LogP) is 1.60. The Balaban J connectivity index is 1.62. The van der Waals surface area contributed by atoms with Crippen LogP contribution in [0.5, 0.6) is 0 Å². The minimum absolute atomic E-state index is 0.203. The topological polar surface area (TPSA) is 32.8 Å². The van der Waals surface area contributed by atoms with Crippen LogP contribution in [-0.4, -0.2) is 61.1 Å². The van der Waals surface area contributed by atoms with Crippen molar-refractivity contribution in [2.45, 2.75) is 19.4 Å². The zero-order valence-corrected chi connectivity index (χ0v) is 12.1. The third-order valence-corrected chi connectivity index (χ3v) is 4.96. The molecule has 0 aliphatic carbocycles. The molecule has 1 aromatic heterocycles. The Labute approximate surface area is 118 Å². The molecule has 104 valence electrons. The molecule has 3 rings (SSSR count). The molecule has 4 nitrogen and oxygen atoms in total. The van der Waals surface area contributed by atoms with Gasteiger partial charge < -0.3 is 9.64 Å². The summed E-state index contributed by atoms with van der Waals surface area (Å²) in [7, 11) is 0. The molecule has 2 saturated heterocycles. The van der Waals surface area contributed by atoms with E-state index in [2.05, 4.69) is 4.90 Å². The quantitative estimate of drug-likeness (QED) is 0.825. The summed E-state index contributed by atoms with van der Waals surface area (Å²) in [5, 5.41) is 4.02. The number of thiophene rings is 1. The molecule has 2 aliphatic heterocycles. The first kappa shape index (κ1) is 13.1. The minimum atomic E-state index is 0.203. The number of likely N-dealkylation sites (tertiary alicyclic amines) is 1. The Kier molecular flexibility index (Phi) is 3.86. The molecule has 1 unspecified atom stereocenters. The maximum atomic E-state index is 12.4. The van der Waals surface area contributed by atoms with Gasteiger partial charge in [0.25, 0.3) is 5.91 Å². The fourth-order valence-corrected chi connectivity index (χ4v) is 3.74. The molecular formula is C14H20N2O2S. The first-order valence-corrected chi connectivity index (χ1v) is 7.84. The highest BCUT2D eigenvalue weighted by Crippen LogP contribution is 2.22. The van der Waals surface area contributed by atoms with E-state index < -0.39 is 0 Å². The fourth-order valence-electron chi connectivity index (χ4n) is 2.92. The molecule has 1 atom stereocenters. The molecule has 0 aromatic carbocycles. The van der Waals surface area contributed by atoms with E-state index in [0.29, 0.717) is 6.04 Å². The van der Waals surface area contributed by atoms with Crippen molar-refractivity contribution in [3.8, 4) is 0 Å². The van der Waals surface area contributed by atoms with Crippen LogP contribution in [0.15, 0.2) is 10.8 Å². The van der Waals surface area contributed by atoms with E-state index in [9.17, 15) is 4.79 Å². The molecule has 19 heavy (non-hydrogen) atoms. The van der Waals surface area contributed by atoms with Crippen LogP contribution in [0.1, 0.15) is 22.3 Å². The monoisotopic (exact) mass is 280 g/mol. The van der Waals surface area contributed by atoms with Crippen molar-refractivity contribution in [2.75, 3.05) is 39.4 Å². The Hall–Kier alpha value is -0.910. The number of carbonyl (C=O) groups excluding carboxylic acids is 1. The van der Waals surface area contributed by atoms with Crippen molar-refractivity contribution in [1.82, 2.24) is 9.80 Å². The van der Waals surface area contributed by atoms with E-state index in [1.54, 1.807) is 11.3 Å². The number of amides is 1. The molecule has 0 saturated carbocycles. The zero-order valence-electron chi connectivity index (χ0n) is 11.3. The summed E-state index contributed by atoms with van der Waals surface area (Å²) in [4.78, 5) is 16.9. The van der Waals surface area contributed by atoms with E-state index in [4.69, 9.17) is 4.74 Å². The number of nitrogens with zero attached hydrogens (tertiary/aromatic N) is 2. The second kappa shape index (κ2) is 5.61. The maximum absolute atomic E-state index is 12.4. The largest absolute Gasteiger partial charge is 0.379 e. The highest BCUT2D eigenvalue weighted by molar-refractivity contribution is 7.08. The number of hydrogen-bond donors (Lipinski definition) is 0. The van der Waals surface area contributed by atoms with E-state index in [1.165, 1.54) is 0 Å². The van der Waals surface area contributed by atoms with Crippen LogP contribution in [0.4, 0.5) is 0 Å². The molecule has 5 heteroatoms. The molecule has 2 fully saturated rings. The van der Waals surface area contributed by atoms with Gasteiger partial charge in [-0.15, -0.1) is 0 Å². The molecular weight excluding hydrogens is 260 g/mol.